The normalized spacial score (nSPS) is 12.0. The van der Waals surface area contributed by atoms with Crippen LogP contribution in [-0.4, -0.2) is 29.7 Å². The van der Waals surface area contributed by atoms with Gasteiger partial charge in [0.25, 0.3) is 0 Å². The third-order valence-corrected chi connectivity index (χ3v) is 5.86. The predicted octanol–water partition coefficient (Wildman–Crippen LogP) is 7.02. The van der Waals surface area contributed by atoms with Gasteiger partial charge in [-0.1, -0.05) is 107 Å². The van der Waals surface area contributed by atoms with Crippen molar-refractivity contribution in [3.63, 3.8) is 0 Å². The maximum atomic E-state index is 12.0. The standard InChI is InChI=1S/C28H46N2O3/c1-2-3-4-5-6-7-8-9-10-11-12-13-14-15-16-20-23-29-28(33)30-26(27(31)32)24-25-21-18-17-19-22-25/h9-10,17-19,21-22,26H,2-8,11-16,20,23-24H2,1H3,(H,31,32)(H2,29,30,33)/b10-9-. The summed E-state index contributed by atoms with van der Waals surface area (Å²) in [6.45, 7) is 2.83. The lowest BCUT2D eigenvalue weighted by atomic mass is 10.1. The van der Waals surface area contributed by atoms with Gasteiger partial charge in [0.15, 0.2) is 0 Å². The molecule has 0 bridgehead atoms. The Balaban J connectivity index is 1.94. The molecule has 1 rings (SSSR count). The summed E-state index contributed by atoms with van der Waals surface area (Å²) in [6, 6.07) is 8.00. The zero-order chi connectivity index (χ0) is 24.0. The number of rotatable bonds is 20. The highest BCUT2D eigenvalue weighted by Crippen LogP contribution is 2.10. The van der Waals surface area contributed by atoms with E-state index in [2.05, 4.69) is 29.7 Å². The fraction of sp³-hybridized carbons (Fsp3) is 0.643. The van der Waals surface area contributed by atoms with Crippen LogP contribution in [0.4, 0.5) is 4.79 Å². The highest BCUT2D eigenvalue weighted by molar-refractivity contribution is 5.82. The molecule has 0 aliphatic heterocycles. The van der Waals surface area contributed by atoms with Crippen molar-refractivity contribution < 1.29 is 14.7 Å². The molecule has 5 heteroatoms. The lowest BCUT2D eigenvalue weighted by Crippen LogP contribution is -2.47. The molecule has 1 aromatic carbocycles. The quantitative estimate of drug-likeness (QED) is 0.145. The number of benzene rings is 1. The monoisotopic (exact) mass is 458 g/mol. The molecular formula is C28H46N2O3. The van der Waals surface area contributed by atoms with Crippen molar-refractivity contribution in [2.45, 2.75) is 109 Å². The Morgan fingerprint density at radius 1 is 0.818 bits per heavy atom. The summed E-state index contributed by atoms with van der Waals surface area (Å²) in [5, 5.41) is 14.7. The number of nitrogens with one attached hydrogen (secondary N) is 2. The average molecular weight is 459 g/mol. The van der Waals surface area contributed by atoms with Crippen LogP contribution in [0.3, 0.4) is 0 Å². The van der Waals surface area contributed by atoms with E-state index in [9.17, 15) is 14.7 Å². The van der Waals surface area contributed by atoms with E-state index < -0.39 is 18.0 Å². The van der Waals surface area contributed by atoms with Crippen molar-refractivity contribution in [3.8, 4) is 0 Å². The molecule has 33 heavy (non-hydrogen) atoms. The van der Waals surface area contributed by atoms with Gasteiger partial charge in [-0.15, -0.1) is 0 Å². The first kappa shape index (κ1) is 28.7. The van der Waals surface area contributed by atoms with E-state index in [-0.39, 0.29) is 6.42 Å². The topological polar surface area (TPSA) is 78.4 Å². The zero-order valence-corrected chi connectivity index (χ0v) is 20.7. The summed E-state index contributed by atoms with van der Waals surface area (Å²) in [5.74, 6) is -1.02. The number of hydrogen-bond donors (Lipinski definition) is 3. The molecule has 0 heterocycles. The molecule has 0 spiro atoms. The maximum absolute atomic E-state index is 12.0. The molecule has 5 nitrogen and oxygen atoms in total. The van der Waals surface area contributed by atoms with Gasteiger partial charge in [0.1, 0.15) is 6.04 Å². The maximum Gasteiger partial charge on any atom is 0.326 e. The van der Waals surface area contributed by atoms with Crippen LogP contribution in [0.15, 0.2) is 42.5 Å². The molecule has 0 aliphatic rings. The van der Waals surface area contributed by atoms with Crippen LogP contribution in [-0.2, 0) is 11.2 Å². The average Bonchev–Trinajstić information content (AvgIpc) is 2.81. The molecule has 186 valence electrons. The Morgan fingerprint density at radius 2 is 1.36 bits per heavy atom. The third-order valence-electron chi connectivity index (χ3n) is 5.86. The van der Waals surface area contributed by atoms with Crippen molar-refractivity contribution in [1.82, 2.24) is 10.6 Å². The number of allylic oxidation sites excluding steroid dienone is 2. The van der Waals surface area contributed by atoms with Crippen molar-refractivity contribution in [2.75, 3.05) is 6.54 Å². The second-order valence-corrected chi connectivity index (χ2v) is 8.92. The summed E-state index contributed by atoms with van der Waals surface area (Å²) >= 11 is 0. The van der Waals surface area contributed by atoms with E-state index in [0.717, 1.165) is 18.4 Å². The Morgan fingerprint density at radius 3 is 1.94 bits per heavy atom. The van der Waals surface area contributed by atoms with Crippen molar-refractivity contribution in [1.29, 1.82) is 0 Å². The van der Waals surface area contributed by atoms with E-state index in [1.54, 1.807) is 0 Å². The van der Waals surface area contributed by atoms with Crippen LogP contribution in [0.5, 0.6) is 0 Å². The number of carboxylic acid groups (broad SMARTS) is 1. The smallest absolute Gasteiger partial charge is 0.326 e. The van der Waals surface area contributed by atoms with E-state index in [4.69, 9.17) is 0 Å². The van der Waals surface area contributed by atoms with Gasteiger partial charge in [0.05, 0.1) is 0 Å². The van der Waals surface area contributed by atoms with Gasteiger partial charge in [-0.05, 0) is 37.7 Å². The SMILES string of the molecule is CCCCCCCC/C=C\CCCCCCCCNC(=O)NC(Cc1ccccc1)C(=O)O. The second kappa shape index (κ2) is 20.3. The number of unbranched alkanes of at least 4 members (excludes halogenated alkanes) is 12. The van der Waals surface area contributed by atoms with Crippen LogP contribution >= 0.6 is 0 Å². The van der Waals surface area contributed by atoms with Crippen LogP contribution in [0.25, 0.3) is 0 Å². The number of aliphatic carboxylic acids is 1. The Labute approximate surface area is 201 Å². The first-order valence-corrected chi connectivity index (χ1v) is 13.1. The molecule has 0 aliphatic carbocycles. The summed E-state index contributed by atoms with van der Waals surface area (Å²) in [5.41, 5.74) is 0.887. The first-order valence-electron chi connectivity index (χ1n) is 13.1. The van der Waals surface area contributed by atoms with E-state index in [1.165, 1.54) is 77.0 Å². The van der Waals surface area contributed by atoms with E-state index in [1.807, 2.05) is 30.3 Å². The second-order valence-electron chi connectivity index (χ2n) is 8.92. The van der Waals surface area contributed by atoms with Gasteiger partial charge in [-0.25, -0.2) is 9.59 Å². The Bertz CT molecular complexity index is 646. The molecule has 1 atom stereocenters. The van der Waals surface area contributed by atoms with Crippen LogP contribution in [0, 0.1) is 0 Å². The molecule has 1 aromatic rings. The summed E-state index contributed by atoms with van der Waals surface area (Å²) < 4.78 is 0. The Hall–Kier alpha value is -2.30. The summed E-state index contributed by atoms with van der Waals surface area (Å²) in [4.78, 5) is 23.4. The molecule has 0 aromatic heterocycles. The van der Waals surface area contributed by atoms with Gasteiger partial charge < -0.3 is 15.7 Å². The van der Waals surface area contributed by atoms with Crippen molar-refractivity contribution >= 4 is 12.0 Å². The summed E-state index contributed by atoms with van der Waals surface area (Å²) in [6.07, 6.45) is 22.5. The molecule has 0 radical (unpaired) electrons. The van der Waals surface area contributed by atoms with Gasteiger partial charge in [0, 0.05) is 13.0 Å². The number of hydrogen-bond acceptors (Lipinski definition) is 2. The lowest BCUT2D eigenvalue weighted by Gasteiger charge is -2.15. The van der Waals surface area contributed by atoms with Crippen molar-refractivity contribution in [3.05, 3.63) is 48.0 Å². The predicted molar refractivity (Wildman–Crippen MR) is 138 cm³/mol. The fourth-order valence-corrected chi connectivity index (χ4v) is 3.83. The number of amides is 2. The minimum atomic E-state index is -1.02. The van der Waals surface area contributed by atoms with E-state index >= 15 is 0 Å². The number of carboxylic acids is 1. The molecular weight excluding hydrogens is 412 g/mol. The third kappa shape index (κ3) is 16.9. The highest BCUT2D eigenvalue weighted by Gasteiger charge is 2.19. The van der Waals surface area contributed by atoms with Gasteiger partial charge in [0.2, 0.25) is 0 Å². The fourth-order valence-electron chi connectivity index (χ4n) is 3.83. The van der Waals surface area contributed by atoms with Gasteiger partial charge in [-0.3, -0.25) is 0 Å². The number of urea groups is 1. The first-order chi connectivity index (χ1) is 16.1. The molecule has 0 saturated carbocycles. The molecule has 0 saturated heterocycles. The molecule has 3 N–H and O–H groups in total. The van der Waals surface area contributed by atoms with Crippen LogP contribution < -0.4 is 10.6 Å². The van der Waals surface area contributed by atoms with E-state index in [0.29, 0.717) is 6.54 Å². The molecule has 0 fully saturated rings. The van der Waals surface area contributed by atoms with Crippen molar-refractivity contribution in [2.24, 2.45) is 0 Å². The Kier molecular flexibility index (Phi) is 17.7. The minimum absolute atomic E-state index is 0.276. The highest BCUT2D eigenvalue weighted by atomic mass is 16.4. The number of carbonyl (C=O) groups is 2. The van der Waals surface area contributed by atoms with Gasteiger partial charge >= 0.3 is 12.0 Å². The zero-order valence-electron chi connectivity index (χ0n) is 20.7. The molecule has 1 unspecified atom stereocenters. The minimum Gasteiger partial charge on any atom is -0.480 e. The van der Waals surface area contributed by atoms with Crippen LogP contribution in [0.2, 0.25) is 0 Å². The van der Waals surface area contributed by atoms with Crippen LogP contribution in [0.1, 0.15) is 102 Å². The lowest BCUT2D eigenvalue weighted by molar-refractivity contribution is -0.139. The van der Waals surface area contributed by atoms with Gasteiger partial charge in [-0.2, -0.15) is 0 Å². The molecule has 2 amide bonds. The largest absolute Gasteiger partial charge is 0.480 e. The summed E-state index contributed by atoms with van der Waals surface area (Å²) in [7, 11) is 0. The number of carbonyl (C=O) groups excluding carboxylic acids is 1.